The molecule has 0 bridgehead atoms. The summed E-state index contributed by atoms with van der Waals surface area (Å²) in [5.41, 5.74) is 2.54. The zero-order valence-corrected chi connectivity index (χ0v) is 17.8. The minimum absolute atomic E-state index is 0.0281. The highest BCUT2D eigenvalue weighted by Crippen LogP contribution is 2.38. The van der Waals surface area contributed by atoms with Gasteiger partial charge in [0.25, 0.3) is 0 Å². The number of nitrogens with one attached hydrogen (secondary N) is 1. The van der Waals surface area contributed by atoms with Gasteiger partial charge in [0.05, 0.1) is 11.6 Å². The van der Waals surface area contributed by atoms with E-state index in [9.17, 15) is 4.79 Å². The molecule has 0 aliphatic heterocycles. The highest BCUT2D eigenvalue weighted by atomic mass is 16.2. The van der Waals surface area contributed by atoms with Crippen molar-refractivity contribution in [2.24, 2.45) is 5.92 Å². The van der Waals surface area contributed by atoms with Crippen LogP contribution >= 0.6 is 0 Å². The van der Waals surface area contributed by atoms with Gasteiger partial charge in [-0.05, 0) is 22.6 Å². The molecule has 1 N–H and O–H groups in total. The summed E-state index contributed by atoms with van der Waals surface area (Å²) >= 11 is 0. The minimum atomic E-state index is -0.699. The van der Waals surface area contributed by atoms with E-state index in [2.05, 4.69) is 60.5 Å². The monoisotopic (exact) mass is 409 g/mol. The van der Waals surface area contributed by atoms with Gasteiger partial charge in [-0.1, -0.05) is 105 Å². The van der Waals surface area contributed by atoms with Crippen molar-refractivity contribution in [1.29, 1.82) is 0 Å². The molecule has 4 aromatic rings. The van der Waals surface area contributed by atoms with Gasteiger partial charge in [0.1, 0.15) is 6.33 Å². The standard InChI is InChI=1S/C27H27N3O/c1-21(2)25(26(31)30-19-18-28-20-30)29-27(22-12-6-3-7-13-22,23-14-8-4-9-15-23)24-16-10-5-11-17-24/h3-21,25,29H,1-2H3/t25-/m1/s1. The molecule has 0 aliphatic rings. The van der Waals surface area contributed by atoms with Crippen molar-refractivity contribution in [2.45, 2.75) is 25.4 Å². The van der Waals surface area contributed by atoms with E-state index in [0.29, 0.717) is 0 Å². The molecule has 4 heteroatoms. The van der Waals surface area contributed by atoms with Crippen LogP contribution in [0, 0.1) is 5.92 Å². The normalized spacial score (nSPS) is 12.6. The Kier molecular flexibility index (Phi) is 6.10. The summed E-state index contributed by atoms with van der Waals surface area (Å²) < 4.78 is 1.56. The number of aromatic nitrogens is 2. The van der Waals surface area contributed by atoms with Crippen LogP contribution in [0.15, 0.2) is 110 Å². The Hall–Kier alpha value is -3.50. The van der Waals surface area contributed by atoms with Crippen LogP contribution in [0.2, 0.25) is 0 Å². The van der Waals surface area contributed by atoms with Crippen molar-refractivity contribution in [3.63, 3.8) is 0 Å². The van der Waals surface area contributed by atoms with E-state index in [4.69, 9.17) is 0 Å². The maximum atomic E-state index is 13.5. The molecule has 0 unspecified atom stereocenters. The Bertz CT molecular complexity index is 995. The number of benzene rings is 3. The summed E-state index contributed by atoms with van der Waals surface area (Å²) in [7, 11) is 0. The minimum Gasteiger partial charge on any atom is -0.288 e. The molecule has 0 spiro atoms. The second-order valence-electron chi connectivity index (χ2n) is 8.02. The molecule has 0 amide bonds. The fraction of sp³-hybridized carbons (Fsp3) is 0.185. The second kappa shape index (κ2) is 9.11. The predicted octanol–water partition coefficient (Wildman–Crippen LogP) is 5.13. The van der Waals surface area contributed by atoms with Crippen molar-refractivity contribution < 1.29 is 4.79 Å². The zero-order chi connectivity index (χ0) is 21.7. The Morgan fingerprint density at radius 1 is 0.806 bits per heavy atom. The number of nitrogens with zero attached hydrogens (tertiary/aromatic N) is 2. The molecule has 1 heterocycles. The molecule has 0 saturated carbocycles. The van der Waals surface area contributed by atoms with Gasteiger partial charge in [0, 0.05) is 12.4 Å². The smallest absolute Gasteiger partial charge is 0.249 e. The summed E-state index contributed by atoms with van der Waals surface area (Å²) in [6.07, 6.45) is 4.90. The zero-order valence-electron chi connectivity index (χ0n) is 17.8. The summed E-state index contributed by atoms with van der Waals surface area (Å²) in [5.74, 6) is 0.0325. The molecule has 1 aromatic heterocycles. The maximum absolute atomic E-state index is 13.5. The number of carbonyl (C=O) groups excluding carboxylic acids is 1. The molecule has 0 fully saturated rings. The van der Waals surface area contributed by atoms with Crippen molar-refractivity contribution in [3.05, 3.63) is 126 Å². The van der Waals surface area contributed by atoms with Gasteiger partial charge in [-0.25, -0.2) is 4.98 Å². The SMILES string of the molecule is CC(C)[C@@H](NC(c1ccccc1)(c1ccccc1)c1ccccc1)C(=O)n1ccnc1. The average Bonchev–Trinajstić information content (AvgIpc) is 3.36. The van der Waals surface area contributed by atoms with Crippen LogP contribution in [0.25, 0.3) is 0 Å². The summed E-state index contributed by atoms with van der Waals surface area (Å²) in [4.78, 5) is 17.5. The van der Waals surface area contributed by atoms with E-state index in [1.165, 1.54) is 0 Å². The number of imidazole rings is 1. The van der Waals surface area contributed by atoms with Crippen molar-refractivity contribution in [2.75, 3.05) is 0 Å². The molecule has 0 saturated heterocycles. The Balaban J connectivity index is 1.94. The van der Waals surface area contributed by atoms with Crippen molar-refractivity contribution >= 4 is 5.91 Å². The highest BCUT2D eigenvalue weighted by Gasteiger charge is 2.40. The first kappa shape index (κ1) is 20.8. The first-order valence-electron chi connectivity index (χ1n) is 10.6. The maximum Gasteiger partial charge on any atom is 0.249 e. The number of hydrogen-bond acceptors (Lipinski definition) is 3. The third-order valence-corrected chi connectivity index (χ3v) is 5.68. The van der Waals surface area contributed by atoms with Crippen LogP contribution < -0.4 is 5.32 Å². The quantitative estimate of drug-likeness (QED) is 0.431. The molecule has 0 aliphatic carbocycles. The number of hydrogen-bond donors (Lipinski definition) is 1. The molecular formula is C27H27N3O. The summed E-state index contributed by atoms with van der Waals surface area (Å²) in [5, 5.41) is 3.81. The molecular weight excluding hydrogens is 382 g/mol. The molecule has 4 rings (SSSR count). The lowest BCUT2D eigenvalue weighted by atomic mass is 9.76. The molecule has 1 atom stereocenters. The average molecular weight is 410 g/mol. The van der Waals surface area contributed by atoms with Crippen LogP contribution in [0.4, 0.5) is 0 Å². The lowest BCUT2D eigenvalue weighted by Crippen LogP contribution is -2.55. The van der Waals surface area contributed by atoms with Crippen LogP contribution in [0.5, 0.6) is 0 Å². The summed E-state index contributed by atoms with van der Waals surface area (Å²) in [6, 6.07) is 30.6. The lowest BCUT2D eigenvalue weighted by Gasteiger charge is -2.40. The van der Waals surface area contributed by atoms with E-state index in [1.54, 1.807) is 23.3 Å². The molecule has 0 radical (unpaired) electrons. The first-order valence-corrected chi connectivity index (χ1v) is 10.6. The topological polar surface area (TPSA) is 46.9 Å². The third-order valence-electron chi connectivity index (χ3n) is 5.68. The third kappa shape index (κ3) is 4.07. The highest BCUT2D eigenvalue weighted by molar-refractivity contribution is 5.84. The molecule has 156 valence electrons. The lowest BCUT2D eigenvalue weighted by molar-refractivity contribution is 0.0813. The number of carbonyl (C=O) groups is 1. The first-order chi connectivity index (χ1) is 15.1. The largest absolute Gasteiger partial charge is 0.288 e. The van der Waals surface area contributed by atoms with E-state index < -0.39 is 11.6 Å². The van der Waals surface area contributed by atoms with Gasteiger partial charge in [-0.3, -0.25) is 14.7 Å². The van der Waals surface area contributed by atoms with Crippen molar-refractivity contribution in [3.8, 4) is 0 Å². The Morgan fingerprint density at radius 3 is 1.61 bits per heavy atom. The molecule has 4 nitrogen and oxygen atoms in total. The van der Waals surface area contributed by atoms with Crippen molar-refractivity contribution in [1.82, 2.24) is 14.9 Å². The number of rotatable bonds is 7. The second-order valence-corrected chi connectivity index (χ2v) is 8.02. The summed E-state index contributed by atoms with van der Waals surface area (Å²) in [6.45, 7) is 4.14. The van der Waals surface area contributed by atoms with Crippen LogP contribution in [-0.4, -0.2) is 21.5 Å². The van der Waals surface area contributed by atoms with E-state index in [-0.39, 0.29) is 11.8 Å². The van der Waals surface area contributed by atoms with Gasteiger partial charge in [0.2, 0.25) is 5.91 Å². The predicted molar refractivity (Wildman–Crippen MR) is 124 cm³/mol. The van der Waals surface area contributed by atoms with Crippen LogP contribution in [0.3, 0.4) is 0 Å². The van der Waals surface area contributed by atoms with Gasteiger partial charge in [-0.2, -0.15) is 0 Å². The van der Waals surface area contributed by atoms with Crippen LogP contribution in [0.1, 0.15) is 35.3 Å². The fourth-order valence-corrected chi connectivity index (χ4v) is 4.11. The van der Waals surface area contributed by atoms with E-state index in [0.717, 1.165) is 16.7 Å². The fourth-order valence-electron chi connectivity index (χ4n) is 4.11. The van der Waals surface area contributed by atoms with Gasteiger partial charge in [0.15, 0.2) is 0 Å². The molecule has 31 heavy (non-hydrogen) atoms. The van der Waals surface area contributed by atoms with Gasteiger partial charge in [-0.15, -0.1) is 0 Å². The molecule has 3 aromatic carbocycles. The van der Waals surface area contributed by atoms with E-state index >= 15 is 0 Å². The Morgan fingerprint density at radius 2 is 1.26 bits per heavy atom. The van der Waals surface area contributed by atoms with Crippen LogP contribution in [-0.2, 0) is 5.54 Å². The van der Waals surface area contributed by atoms with Gasteiger partial charge < -0.3 is 0 Å². The van der Waals surface area contributed by atoms with E-state index in [1.807, 2.05) is 54.6 Å². The Labute approximate surface area is 183 Å². The van der Waals surface area contributed by atoms with Gasteiger partial charge >= 0.3 is 0 Å².